The Morgan fingerprint density at radius 3 is 2.57 bits per heavy atom. The smallest absolute Gasteiger partial charge is 0.228 e. The first-order valence-electron chi connectivity index (χ1n) is 4.59. The minimum absolute atomic E-state index is 0.198. The van der Waals surface area contributed by atoms with Gasteiger partial charge in [0.15, 0.2) is 0 Å². The molecule has 5 nitrogen and oxygen atoms in total. The molecule has 1 aromatic rings. The fourth-order valence-corrected chi connectivity index (χ4v) is 1.08. The molecule has 0 saturated carbocycles. The SMILES string of the molecule is CCCCNc1nc(Cl)nc(NC)n1. The molecule has 0 amide bonds. The highest BCUT2D eigenvalue weighted by molar-refractivity contribution is 6.28. The fourth-order valence-electron chi connectivity index (χ4n) is 0.918. The van der Waals surface area contributed by atoms with Crippen molar-refractivity contribution in [2.24, 2.45) is 0 Å². The second-order valence-electron chi connectivity index (χ2n) is 2.78. The molecular weight excluding hydrogens is 202 g/mol. The van der Waals surface area contributed by atoms with Crippen LogP contribution in [0.3, 0.4) is 0 Å². The minimum atomic E-state index is 0.198. The molecule has 0 saturated heterocycles. The first-order valence-corrected chi connectivity index (χ1v) is 4.97. The molecule has 0 atom stereocenters. The van der Waals surface area contributed by atoms with Gasteiger partial charge in [-0.3, -0.25) is 0 Å². The summed E-state index contributed by atoms with van der Waals surface area (Å²) in [5, 5.41) is 6.08. The van der Waals surface area contributed by atoms with E-state index >= 15 is 0 Å². The number of anilines is 2. The van der Waals surface area contributed by atoms with E-state index in [0.29, 0.717) is 11.9 Å². The zero-order chi connectivity index (χ0) is 10.4. The first kappa shape index (κ1) is 11.0. The lowest BCUT2D eigenvalue weighted by Gasteiger charge is -2.05. The molecule has 1 aromatic heterocycles. The second kappa shape index (κ2) is 5.59. The van der Waals surface area contributed by atoms with Crippen molar-refractivity contribution in [3.63, 3.8) is 0 Å². The summed E-state index contributed by atoms with van der Waals surface area (Å²) in [7, 11) is 1.74. The van der Waals surface area contributed by atoms with Gasteiger partial charge in [-0.1, -0.05) is 13.3 Å². The van der Waals surface area contributed by atoms with Crippen LogP contribution in [0, 0.1) is 0 Å². The van der Waals surface area contributed by atoms with Gasteiger partial charge in [0.1, 0.15) is 0 Å². The van der Waals surface area contributed by atoms with Crippen LogP contribution in [0.25, 0.3) is 0 Å². The number of nitrogens with one attached hydrogen (secondary N) is 2. The average Bonchev–Trinajstić information content (AvgIpc) is 2.17. The number of nitrogens with zero attached hydrogens (tertiary/aromatic N) is 3. The van der Waals surface area contributed by atoms with Gasteiger partial charge in [-0.25, -0.2) is 0 Å². The molecule has 6 heteroatoms. The fraction of sp³-hybridized carbons (Fsp3) is 0.625. The van der Waals surface area contributed by atoms with Crippen LogP contribution < -0.4 is 10.6 Å². The van der Waals surface area contributed by atoms with Crippen molar-refractivity contribution < 1.29 is 0 Å². The third-order valence-corrected chi connectivity index (χ3v) is 1.81. The van der Waals surface area contributed by atoms with Crippen LogP contribution in [0.2, 0.25) is 5.28 Å². The van der Waals surface area contributed by atoms with Gasteiger partial charge >= 0.3 is 0 Å². The number of aromatic nitrogens is 3. The highest BCUT2D eigenvalue weighted by Gasteiger charge is 2.01. The predicted molar refractivity (Wildman–Crippen MR) is 57.8 cm³/mol. The first-order chi connectivity index (χ1) is 6.76. The van der Waals surface area contributed by atoms with E-state index in [4.69, 9.17) is 11.6 Å². The molecule has 0 unspecified atom stereocenters. The Labute approximate surface area is 88.3 Å². The second-order valence-corrected chi connectivity index (χ2v) is 3.12. The quantitative estimate of drug-likeness (QED) is 0.734. The maximum Gasteiger partial charge on any atom is 0.228 e. The molecular formula is C8H14ClN5. The molecule has 1 heterocycles. The Balaban J connectivity index is 2.62. The Morgan fingerprint density at radius 1 is 1.21 bits per heavy atom. The van der Waals surface area contributed by atoms with Crippen LogP contribution >= 0.6 is 11.6 Å². The minimum Gasteiger partial charge on any atom is -0.357 e. The largest absolute Gasteiger partial charge is 0.357 e. The van der Waals surface area contributed by atoms with E-state index < -0.39 is 0 Å². The molecule has 0 spiro atoms. The van der Waals surface area contributed by atoms with Crippen molar-refractivity contribution in [1.82, 2.24) is 15.0 Å². The Morgan fingerprint density at radius 2 is 1.93 bits per heavy atom. The van der Waals surface area contributed by atoms with Crippen molar-refractivity contribution in [2.45, 2.75) is 19.8 Å². The molecule has 14 heavy (non-hydrogen) atoms. The number of hydrogen-bond acceptors (Lipinski definition) is 5. The molecule has 0 aliphatic carbocycles. The number of unbranched alkanes of at least 4 members (excludes halogenated alkanes) is 1. The molecule has 0 aliphatic heterocycles. The summed E-state index contributed by atoms with van der Waals surface area (Å²) in [6, 6.07) is 0. The molecule has 0 aliphatic rings. The van der Waals surface area contributed by atoms with E-state index in [1.807, 2.05) is 0 Å². The lowest BCUT2D eigenvalue weighted by Crippen LogP contribution is -2.08. The van der Waals surface area contributed by atoms with E-state index in [0.717, 1.165) is 19.4 Å². The molecule has 78 valence electrons. The molecule has 0 fully saturated rings. The van der Waals surface area contributed by atoms with Crippen molar-refractivity contribution >= 4 is 23.5 Å². The molecule has 0 aromatic carbocycles. The van der Waals surface area contributed by atoms with Gasteiger partial charge < -0.3 is 10.6 Å². The van der Waals surface area contributed by atoms with Gasteiger partial charge in [-0.2, -0.15) is 15.0 Å². The van der Waals surface area contributed by atoms with Crippen LogP contribution in [0.15, 0.2) is 0 Å². The van der Waals surface area contributed by atoms with Gasteiger partial charge in [0.25, 0.3) is 0 Å². The average molecular weight is 216 g/mol. The Kier molecular flexibility index (Phi) is 4.39. The van der Waals surface area contributed by atoms with E-state index in [2.05, 4.69) is 32.5 Å². The predicted octanol–water partition coefficient (Wildman–Crippen LogP) is 1.78. The summed E-state index contributed by atoms with van der Waals surface area (Å²) in [5.41, 5.74) is 0. The van der Waals surface area contributed by atoms with Crippen LogP contribution in [-0.4, -0.2) is 28.5 Å². The van der Waals surface area contributed by atoms with Crippen LogP contribution in [0.4, 0.5) is 11.9 Å². The zero-order valence-corrected chi connectivity index (χ0v) is 9.10. The molecule has 1 rings (SSSR count). The highest BCUT2D eigenvalue weighted by Crippen LogP contribution is 2.08. The van der Waals surface area contributed by atoms with Crippen LogP contribution in [-0.2, 0) is 0 Å². The van der Waals surface area contributed by atoms with Crippen LogP contribution in [0.1, 0.15) is 19.8 Å². The van der Waals surface area contributed by atoms with Crippen molar-refractivity contribution in [1.29, 1.82) is 0 Å². The molecule has 2 N–H and O–H groups in total. The van der Waals surface area contributed by atoms with Gasteiger partial charge in [0, 0.05) is 13.6 Å². The standard InChI is InChI=1S/C8H14ClN5/c1-3-4-5-11-8-13-6(9)12-7(10-2)14-8/h3-5H2,1-2H3,(H2,10,11,12,13,14). The number of rotatable bonds is 5. The lowest BCUT2D eigenvalue weighted by molar-refractivity contribution is 0.824. The number of hydrogen-bond donors (Lipinski definition) is 2. The zero-order valence-electron chi connectivity index (χ0n) is 8.34. The maximum atomic E-state index is 5.70. The van der Waals surface area contributed by atoms with E-state index in [1.165, 1.54) is 0 Å². The number of halogens is 1. The third kappa shape index (κ3) is 3.33. The molecule has 0 bridgehead atoms. The van der Waals surface area contributed by atoms with Gasteiger partial charge in [0.05, 0.1) is 0 Å². The Hall–Kier alpha value is -1.10. The molecule has 0 radical (unpaired) electrons. The third-order valence-electron chi connectivity index (χ3n) is 1.65. The monoisotopic (exact) mass is 215 g/mol. The van der Waals surface area contributed by atoms with Crippen molar-refractivity contribution in [3.05, 3.63) is 5.28 Å². The van der Waals surface area contributed by atoms with Gasteiger partial charge in [0.2, 0.25) is 17.2 Å². The van der Waals surface area contributed by atoms with E-state index in [9.17, 15) is 0 Å². The summed E-state index contributed by atoms with van der Waals surface area (Å²) in [6.45, 7) is 2.97. The maximum absolute atomic E-state index is 5.70. The summed E-state index contributed by atoms with van der Waals surface area (Å²) >= 11 is 5.70. The van der Waals surface area contributed by atoms with E-state index in [-0.39, 0.29) is 5.28 Å². The lowest BCUT2D eigenvalue weighted by atomic mass is 10.3. The Bertz CT molecular complexity index is 291. The summed E-state index contributed by atoms with van der Waals surface area (Å²) < 4.78 is 0. The van der Waals surface area contributed by atoms with Crippen LogP contribution in [0.5, 0.6) is 0 Å². The summed E-state index contributed by atoms with van der Waals surface area (Å²) in [5.74, 6) is 0.992. The van der Waals surface area contributed by atoms with Gasteiger partial charge in [-0.05, 0) is 18.0 Å². The summed E-state index contributed by atoms with van der Waals surface area (Å²) in [6.07, 6.45) is 2.21. The van der Waals surface area contributed by atoms with Gasteiger partial charge in [-0.15, -0.1) is 0 Å². The van der Waals surface area contributed by atoms with Crippen molar-refractivity contribution in [2.75, 3.05) is 24.2 Å². The van der Waals surface area contributed by atoms with E-state index in [1.54, 1.807) is 7.05 Å². The normalized spacial score (nSPS) is 9.93. The van der Waals surface area contributed by atoms with Crippen molar-refractivity contribution in [3.8, 4) is 0 Å². The highest BCUT2D eigenvalue weighted by atomic mass is 35.5. The summed E-state index contributed by atoms with van der Waals surface area (Å²) in [4.78, 5) is 11.9. The topological polar surface area (TPSA) is 62.7 Å².